The molecule has 0 fully saturated rings. The van der Waals surface area contributed by atoms with Crippen molar-refractivity contribution >= 4 is 104 Å². The third kappa shape index (κ3) is 5.21. The van der Waals surface area contributed by atoms with Crippen molar-refractivity contribution in [3.63, 3.8) is 0 Å². The molecule has 12 aromatic rings. The highest BCUT2D eigenvalue weighted by Gasteiger charge is 2.26. The fourth-order valence-corrected chi connectivity index (χ4v) is 10.00. The van der Waals surface area contributed by atoms with Crippen molar-refractivity contribution < 1.29 is 4.42 Å². The molecule has 9 aromatic carbocycles. The van der Waals surface area contributed by atoms with Crippen LogP contribution in [0.25, 0.3) is 98.5 Å². The number of benzene rings is 9. The molecule has 0 saturated heterocycles. The van der Waals surface area contributed by atoms with E-state index in [0.717, 1.165) is 84.2 Å². The molecule has 0 amide bonds. The van der Waals surface area contributed by atoms with Gasteiger partial charge in [0.1, 0.15) is 17.0 Å². The van der Waals surface area contributed by atoms with Gasteiger partial charge in [-0.25, -0.2) is 9.98 Å². The van der Waals surface area contributed by atoms with Crippen molar-refractivity contribution in [2.75, 3.05) is 0 Å². The predicted molar refractivity (Wildman–Crippen MR) is 260 cm³/mol. The first-order valence-corrected chi connectivity index (χ1v) is 21.4. The van der Waals surface area contributed by atoms with Crippen molar-refractivity contribution in [3.8, 4) is 5.69 Å². The van der Waals surface area contributed by atoms with Gasteiger partial charge in [0.15, 0.2) is 5.84 Å². The van der Waals surface area contributed by atoms with Gasteiger partial charge in [0.05, 0.1) is 38.8 Å². The minimum atomic E-state index is 0.0386. The lowest BCUT2D eigenvalue weighted by molar-refractivity contribution is 0.669. The summed E-state index contributed by atoms with van der Waals surface area (Å²) >= 11 is 0. The van der Waals surface area contributed by atoms with Crippen LogP contribution in [-0.4, -0.2) is 20.8 Å². The summed E-state index contributed by atoms with van der Waals surface area (Å²) in [5, 5.41) is 11.7. The summed E-state index contributed by atoms with van der Waals surface area (Å²) in [6.07, 6.45) is 3.06. The fraction of sp³-hybridized carbons (Fsp3) is 0.0526. The first-order chi connectivity index (χ1) is 30.7. The quantitative estimate of drug-likeness (QED) is 0.176. The summed E-state index contributed by atoms with van der Waals surface area (Å²) in [7, 11) is 0. The van der Waals surface area contributed by atoms with E-state index in [4.69, 9.17) is 14.4 Å². The molecule has 1 aliphatic rings. The van der Waals surface area contributed by atoms with Crippen LogP contribution >= 0.6 is 0 Å². The average Bonchev–Trinajstić information content (AvgIpc) is 3.97. The van der Waals surface area contributed by atoms with Crippen LogP contribution in [0.5, 0.6) is 0 Å². The van der Waals surface area contributed by atoms with Crippen LogP contribution in [0.15, 0.2) is 209 Å². The van der Waals surface area contributed by atoms with E-state index in [2.05, 4.69) is 204 Å². The maximum Gasteiger partial charge on any atom is 0.161 e. The standard InChI is InChI=1S/C57H38N4O/c1-35-26-30-47(58-56(40-28-27-36-14-2-3-15-37(36)32-40)59-57(35)61-49-23-11-6-18-41(49)42-19-7-12-24-50(42)61)44-29-31-53-54(45-21-9-13-25-52(45)62-53)55(44)60-48-22-10-8-20-43(48)46-33-38-16-4-5-17-39(38)34-51(46)60/h2-25,27-35H,26H2,1H3/b47-30+,58-56-,59-57+. The van der Waals surface area contributed by atoms with E-state index in [9.17, 15) is 0 Å². The van der Waals surface area contributed by atoms with Gasteiger partial charge in [-0.3, -0.25) is 4.57 Å². The van der Waals surface area contributed by atoms with E-state index in [0.29, 0.717) is 5.84 Å². The van der Waals surface area contributed by atoms with E-state index in [1.165, 1.54) is 37.7 Å². The van der Waals surface area contributed by atoms with Crippen LogP contribution in [-0.2, 0) is 0 Å². The van der Waals surface area contributed by atoms with Gasteiger partial charge < -0.3 is 8.98 Å². The molecule has 0 bridgehead atoms. The Morgan fingerprint density at radius 1 is 0.468 bits per heavy atom. The first-order valence-electron chi connectivity index (χ1n) is 21.4. The Balaban J connectivity index is 1.13. The van der Waals surface area contributed by atoms with Gasteiger partial charge in [0, 0.05) is 44.0 Å². The molecule has 0 N–H and O–H groups in total. The number of para-hydroxylation sites is 4. The number of furan rings is 1. The van der Waals surface area contributed by atoms with Crippen molar-refractivity contribution in [2.24, 2.45) is 15.9 Å². The third-order valence-electron chi connectivity index (χ3n) is 12.9. The molecule has 0 spiro atoms. The maximum atomic E-state index is 6.65. The Labute approximate surface area is 356 Å². The monoisotopic (exact) mass is 794 g/mol. The predicted octanol–water partition coefficient (Wildman–Crippen LogP) is 14.9. The molecule has 292 valence electrons. The van der Waals surface area contributed by atoms with Crippen LogP contribution in [0.2, 0.25) is 0 Å². The average molecular weight is 795 g/mol. The Morgan fingerprint density at radius 2 is 1.05 bits per heavy atom. The van der Waals surface area contributed by atoms with Gasteiger partial charge >= 0.3 is 0 Å². The summed E-state index contributed by atoms with van der Waals surface area (Å²) in [4.78, 5) is 11.4. The second kappa shape index (κ2) is 13.5. The van der Waals surface area contributed by atoms with Gasteiger partial charge in [-0.15, -0.1) is 0 Å². The molecule has 4 heterocycles. The van der Waals surface area contributed by atoms with Crippen molar-refractivity contribution in [1.29, 1.82) is 0 Å². The lowest BCUT2D eigenvalue weighted by atomic mass is 9.98. The van der Waals surface area contributed by atoms with E-state index < -0.39 is 0 Å². The molecule has 5 nitrogen and oxygen atoms in total. The molecule has 5 heteroatoms. The molecule has 1 aliphatic heterocycles. The van der Waals surface area contributed by atoms with Crippen LogP contribution in [0.1, 0.15) is 24.5 Å². The van der Waals surface area contributed by atoms with Gasteiger partial charge in [0.25, 0.3) is 0 Å². The van der Waals surface area contributed by atoms with Crippen molar-refractivity contribution in [1.82, 2.24) is 9.13 Å². The number of fused-ring (bicyclic) bond motifs is 11. The van der Waals surface area contributed by atoms with E-state index in [1.54, 1.807) is 0 Å². The summed E-state index contributed by atoms with van der Waals surface area (Å²) in [6, 6.07) is 67.3. The molecule has 1 atom stereocenters. The molecule has 0 aliphatic carbocycles. The zero-order valence-corrected chi connectivity index (χ0v) is 34.0. The summed E-state index contributed by atoms with van der Waals surface area (Å²) in [5.41, 5.74) is 10.1. The molecular weight excluding hydrogens is 757 g/mol. The zero-order valence-electron chi connectivity index (χ0n) is 34.0. The molecule has 3 aromatic heterocycles. The topological polar surface area (TPSA) is 47.7 Å². The van der Waals surface area contributed by atoms with Gasteiger partial charge in [0.2, 0.25) is 0 Å². The second-order valence-corrected chi connectivity index (χ2v) is 16.6. The first kappa shape index (κ1) is 34.8. The second-order valence-electron chi connectivity index (χ2n) is 16.6. The summed E-state index contributed by atoms with van der Waals surface area (Å²) in [5.74, 6) is 1.67. The van der Waals surface area contributed by atoms with Gasteiger partial charge in [-0.05, 0) is 82.6 Å². The fourth-order valence-electron chi connectivity index (χ4n) is 10.00. The molecule has 1 unspecified atom stereocenters. The Morgan fingerprint density at radius 3 is 1.77 bits per heavy atom. The van der Waals surface area contributed by atoms with E-state index >= 15 is 0 Å². The van der Waals surface area contributed by atoms with Crippen molar-refractivity contribution in [2.45, 2.75) is 13.3 Å². The highest BCUT2D eigenvalue weighted by atomic mass is 16.3. The smallest absolute Gasteiger partial charge is 0.161 e. The van der Waals surface area contributed by atoms with Crippen LogP contribution in [0.4, 0.5) is 0 Å². The minimum Gasteiger partial charge on any atom is -0.456 e. The Bertz CT molecular complexity index is 3870. The number of hydrogen-bond acceptors (Lipinski definition) is 3. The van der Waals surface area contributed by atoms with E-state index in [1.807, 2.05) is 6.07 Å². The largest absolute Gasteiger partial charge is 0.456 e. The zero-order chi connectivity index (χ0) is 40.9. The normalized spacial score (nSPS) is 17.4. The number of nitrogens with zero attached hydrogens (tertiary/aromatic N) is 4. The molecule has 62 heavy (non-hydrogen) atoms. The summed E-state index contributed by atoms with van der Waals surface area (Å²) < 4.78 is 11.5. The van der Waals surface area contributed by atoms with Crippen LogP contribution in [0.3, 0.4) is 0 Å². The van der Waals surface area contributed by atoms with Crippen molar-refractivity contribution in [3.05, 3.63) is 205 Å². The number of hydrogen-bond donors (Lipinski definition) is 0. The Hall–Kier alpha value is -8.02. The highest BCUT2D eigenvalue weighted by molar-refractivity contribution is 6.20. The SMILES string of the molecule is CC1C/C=C(c2ccc3oc4ccccc4c3c2-n2c3ccccc3c3cc4ccccc4cc32)/N=C(c2ccc3ccccc3c2)\N=C/1n1c2ccccc2c2ccccc21. The maximum absolute atomic E-state index is 6.65. The highest BCUT2D eigenvalue weighted by Crippen LogP contribution is 2.44. The van der Waals surface area contributed by atoms with Gasteiger partial charge in [-0.2, -0.15) is 0 Å². The third-order valence-corrected chi connectivity index (χ3v) is 12.9. The van der Waals surface area contributed by atoms with Crippen LogP contribution in [0, 0.1) is 5.92 Å². The number of amidine groups is 1. The van der Waals surface area contributed by atoms with Gasteiger partial charge in [-0.1, -0.05) is 146 Å². The molecule has 13 rings (SSSR count). The molecule has 0 saturated carbocycles. The van der Waals surface area contributed by atoms with E-state index in [-0.39, 0.29) is 5.92 Å². The number of aromatic nitrogens is 2. The summed E-state index contributed by atoms with van der Waals surface area (Å²) in [6.45, 7) is 2.30. The number of rotatable bonds is 3. The Kier molecular flexibility index (Phi) is 7.58. The number of aliphatic imine (C=N–C) groups is 2. The lowest BCUT2D eigenvalue weighted by Crippen LogP contribution is -2.23. The molecule has 0 radical (unpaired) electrons. The number of allylic oxidation sites excluding steroid dienone is 1. The molecular formula is C57H38N4O. The lowest BCUT2D eigenvalue weighted by Gasteiger charge is -2.22. The van der Waals surface area contributed by atoms with Crippen LogP contribution < -0.4 is 0 Å². The minimum absolute atomic E-state index is 0.0386.